The van der Waals surface area contributed by atoms with Crippen LogP contribution >= 0.6 is 23.8 Å². The van der Waals surface area contributed by atoms with Crippen molar-refractivity contribution in [2.24, 2.45) is 0 Å². The molecular formula is C13H15ClN4OS. The summed E-state index contributed by atoms with van der Waals surface area (Å²) in [5.41, 5.74) is 1.79. The Hall–Kier alpha value is -1.79. The van der Waals surface area contributed by atoms with E-state index in [1.807, 2.05) is 0 Å². The SMILES string of the molecule is COc1ccc(Cl)cc1NC(=S)NCCc1cnc[nH]1. The lowest BCUT2D eigenvalue weighted by Gasteiger charge is -2.13. The van der Waals surface area contributed by atoms with Crippen molar-refractivity contribution >= 4 is 34.6 Å². The zero-order chi connectivity index (χ0) is 14.4. The van der Waals surface area contributed by atoms with E-state index in [1.54, 1.807) is 37.8 Å². The summed E-state index contributed by atoms with van der Waals surface area (Å²) in [6.07, 6.45) is 4.26. The number of H-pyrrole nitrogens is 1. The molecule has 0 saturated heterocycles. The maximum atomic E-state index is 5.96. The molecule has 1 aromatic heterocycles. The Bertz CT molecular complexity index is 574. The van der Waals surface area contributed by atoms with Crippen LogP contribution in [-0.2, 0) is 6.42 Å². The number of methoxy groups -OCH3 is 1. The Balaban J connectivity index is 1.86. The van der Waals surface area contributed by atoms with E-state index in [-0.39, 0.29) is 0 Å². The number of benzene rings is 1. The molecular weight excluding hydrogens is 296 g/mol. The van der Waals surface area contributed by atoms with Crippen LogP contribution in [-0.4, -0.2) is 28.7 Å². The van der Waals surface area contributed by atoms with Crippen molar-refractivity contribution in [2.45, 2.75) is 6.42 Å². The fourth-order valence-electron chi connectivity index (χ4n) is 1.68. The van der Waals surface area contributed by atoms with E-state index < -0.39 is 0 Å². The second-order valence-corrected chi connectivity index (χ2v) is 4.90. The number of hydrogen-bond acceptors (Lipinski definition) is 3. The third-order valence-electron chi connectivity index (χ3n) is 2.64. The Labute approximate surface area is 127 Å². The molecule has 20 heavy (non-hydrogen) atoms. The average molecular weight is 311 g/mol. The van der Waals surface area contributed by atoms with E-state index in [4.69, 9.17) is 28.6 Å². The molecule has 1 aromatic carbocycles. The Morgan fingerprint density at radius 2 is 2.35 bits per heavy atom. The largest absolute Gasteiger partial charge is 0.495 e. The number of nitrogens with one attached hydrogen (secondary N) is 3. The van der Waals surface area contributed by atoms with Crippen LogP contribution in [0.25, 0.3) is 0 Å². The molecule has 0 aliphatic rings. The molecule has 0 aliphatic carbocycles. The van der Waals surface area contributed by atoms with E-state index in [0.717, 1.165) is 17.8 Å². The van der Waals surface area contributed by atoms with E-state index in [1.165, 1.54) is 0 Å². The summed E-state index contributed by atoms with van der Waals surface area (Å²) in [6.45, 7) is 0.705. The van der Waals surface area contributed by atoms with Gasteiger partial charge in [0.15, 0.2) is 5.11 Å². The number of nitrogens with zero attached hydrogens (tertiary/aromatic N) is 1. The molecule has 0 unspecified atom stereocenters. The Morgan fingerprint density at radius 1 is 1.50 bits per heavy atom. The molecule has 0 saturated carbocycles. The third kappa shape index (κ3) is 4.11. The summed E-state index contributed by atoms with van der Waals surface area (Å²) >= 11 is 11.2. The van der Waals surface area contributed by atoms with Crippen molar-refractivity contribution in [3.63, 3.8) is 0 Å². The molecule has 0 atom stereocenters. The normalized spacial score (nSPS) is 10.1. The number of halogens is 1. The van der Waals surface area contributed by atoms with E-state index in [2.05, 4.69) is 20.6 Å². The van der Waals surface area contributed by atoms with Crippen molar-refractivity contribution in [2.75, 3.05) is 19.0 Å². The highest BCUT2D eigenvalue weighted by Gasteiger charge is 2.05. The van der Waals surface area contributed by atoms with Crippen LogP contribution in [0.5, 0.6) is 5.75 Å². The summed E-state index contributed by atoms with van der Waals surface area (Å²) in [5, 5.41) is 7.32. The summed E-state index contributed by atoms with van der Waals surface area (Å²) in [4.78, 5) is 6.99. The zero-order valence-electron chi connectivity index (χ0n) is 10.9. The zero-order valence-corrected chi connectivity index (χ0v) is 12.5. The van der Waals surface area contributed by atoms with Crippen LogP contribution in [0, 0.1) is 0 Å². The van der Waals surface area contributed by atoms with Gasteiger partial charge in [-0.2, -0.15) is 0 Å². The first-order valence-electron chi connectivity index (χ1n) is 6.04. The lowest BCUT2D eigenvalue weighted by molar-refractivity contribution is 0.417. The van der Waals surface area contributed by atoms with Crippen molar-refractivity contribution in [1.29, 1.82) is 0 Å². The molecule has 0 spiro atoms. The first-order chi connectivity index (χ1) is 9.69. The molecule has 0 fully saturated rings. The van der Waals surface area contributed by atoms with Gasteiger partial charge >= 0.3 is 0 Å². The van der Waals surface area contributed by atoms with Crippen molar-refractivity contribution in [3.8, 4) is 5.75 Å². The van der Waals surface area contributed by atoms with Crippen molar-refractivity contribution < 1.29 is 4.74 Å². The summed E-state index contributed by atoms with van der Waals surface area (Å²) in [6, 6.07) is 5.32. The predicted octanol–water partition coefficient (Wildman–Crippen LogP) is 2.60. The smallest absolute Gasteiger partial charge is 0.170 e. The van der Waals surface area contributed by atoms with Crippen LogP contribution < -0.4 is 15.4 Å². The quantitative estimate of drug-likeness (QED) is 0.741. The van der Waals surface area contributed by atoms with Gasteiger partial charge in [0, 0.05) is 29.9 Å². The van der Waals surface area contributed by atoms with Crippen LogP contribution in [0.2, 0.25) is 5.02 Å². The van der Waals surface area contributed by atoms with Gasteiger partial charge in [-0.25, -0.2) is 4.98 Å². The predicted molar refractivity (Wildman–Crippen MR) is 84.5 cm³/mol. The van der Waals surface area contributed by atoms with Crippen LogP contribution in [0.3, 0.4) is 0 Å². The number of aromatic amines is 1. The van der Waals surface area contributed by atoms with Crippen LogP contribution in [0.15, 0.2) is 30.7 Å². The first-order valence-corrected chi connectivity index (χ1v) is 6.83. The highest BCUT2D eigenvalue weighted by molar-refractivity contribution is 7.80. The summed E-state index contributed by atoms with van der Waals surface area (Å²) in [7, 11) is 1.60. The van der Waals surface area contributed by atoms with Gasteiger partial charge in [0.2, 0.25) is 0 Å². The van der Waals surface area contributed by atoms with Crippen molar-refractivity contribution in [1.82, 2.24) is 15.3 Å². The molecule has 2 aromatic rings. The van der Waals surface area contributed by atoms with Gasteiger partial charge in [-0.1, -0.05) is 11.6 Å². The number of thiocarbonyl (C=S) groups is 1. The van der Waals surface area contributed by atoms with Gasteiger partial charge in [0.25, 0.3) is 0 Å². The third-order valence-corrected chi connectivity index (χ3v) is 3.13. The minimum atomic E-state index is 0.519. The number of anilines is 1. The van der Waals surface area contributed by atoms with Gasteiger partial charge in [-0.15, -0.1) is 0 Å². The van der Waals surface area contributed by atoms with Gasteiger partial charge in [0.1, 0.15) is 5.75 Å². The summed E-state index contributed by atoms with van der Waals surface area (Å²) in [5.74, 6) is 0.687. The molecule has 0 bridgehead atoms. The molecule has 0 radical (unpaired) electrons. The first kappa shape index (κ1) is 14.6. The molecule has 2 rings (SSSR count). The molecule has 7 heteroatoms. The standard InChI is InChI=1S/C13H15ClN4OS/c1-19-12-3-2-9(14)6-11(12)18-13(20)16-5-4-10-7-15-8-17-10/h2-3,6-8H,4-5H2,1H3,(H,15,17)(H2,16,18,20). The Kier molecular flexibility index (Phi) is 5.20. The average Bonchev–Trinajstić information content (AvgIpc) is 2.92. The Morgan fingerprint density at radius 3 is 3.05 bits per heavy atom. The maximum absolute atomic E-state index is 5.96. The maximum Gasteiger partial charge on any atom is 0.170 e. The summed E-state index contributed by atoms with van der Waals surface area (Å²) < 4.78 is 5.24. The molecule has 0 amide bonds. The fraction of sp³-hybridized carbons (Fsp3) is 0.231. The van der Waals surface area contributed by atoms with Crippen LogP contribution in [0.1, 0.15) is 5.69 Å². The lowest BCUT2D eigenvalue weighted by atomic mass is 10.3. The van der Waals surface area contributed by atoms with Crippen LogP contribution in [0.4, 0.5) is 5.69 Å². The van der Waals surface area contributed by atoms with E-state index >= 15 is 0 Å². The number of imidazole rings is 1. The number of rotatable bonds is 5. The number of aromatic nitrogens is 2. The molecule has 3 N–H and O–H groups in total. The second kappa shape index (κ2) is 7.12. The topological polar surface area (TPSA) is 62.0 Å². The van der Waals surface area contributed by atoms with Crippen molar-refractivity contribution in [3.05, 3.63) is 41.4 Å². The van der Waals surface area contributed by atoms with E-state index in [0.29, 0.717) is 22.4 Å². The molecule has 0 aliphatic heterocycles. The monoisotopic (exact) mass is 310 g/mol. The minimum absolute atomic E-state index is 0.519. The number of hydrogen-bond donors (Lipinski definition) is 3. The van der Waals surface area contributed by atoms with Gasteiger partial charge < -0.3 is 20.4 Å². The minimum Gasteiger partial charge on any atom is -0.495 e. The number of ether oxygens (including phenoxy) is 1. The molecule has 5 nitrogen and oxygen atoms in total. The van der Waals surface area contributed by atoms with Gasteiger partial charge in [0.05, 0.1) is 19.1 Å². The second-order valence-electron chi connectivity index (χ2n) is 4.05. The highest BCUT2D eigenvalue weighted by Crippen LogP contribution is 2.27. The lowest BCUT2D eigenvalue weighted by Crippen LogP contribution is -2.30. The van der Waals surface area contributed by atoms with Gasteiger partial charge in [-0.3, -0.25) is 0 Å². The van der Waals surface area contributed by atoms with E-state index in [9.17, 15) is 0 Å². The molecule has 1 heterocycles. The van der Waals surface area contributed by atoms with Gasteiger partial charge in [-0.05, 0) is 30.4 Å². The highest BCUT2D eigenvalue weighted by atomic mass is 35.5. The fourth-order valence-corrected chi connectivity index (χ4v) is 2.06. The molecule has 106 valence electrons.